The fourth-order valence-corrected chi connectivity index (χ4v) is 3.47. The summed E-state index contributed by atoms with van der Waals surface area (Å²) in [5.41, 5.74) is 1.92. The number of carbonyl (C=O) groups excluding carboxylic acids is 2. The molecule has 1 atom stereocenters. The lowest BCUT2D eigenvalue weighted by Gasteiger charge is -2.33. The molecule has 0 radical (unpaired) electrons. The molecule has 3 rings (SSSR count). The standard InChI is InChI=1S/C20H27N5O3/c1-13(26)21-18-15-11-25(20(2,3)17(15)22-23-18)19(27)28-16(12-24(4)5)14-9-7-6-8-10-14/h6-10,16H,11-12H2,1-5H3,(H2,21,22,23,26)/t16-/m1/s1. The number of hydrogen-bond acceptors (Lipinski definition) is 5. The van der Waals surface area contributed by atoms with Crippen LogP contribution in [0.5, 0.6) is 0 Å². The molecular weight excluding hydrogens is 358 g/mol. The number of hydrogen-bond donors (Lipinski definition) is 2. The van der Waals surface area contributed by atoms with E-state index >= 15 is 0 Å². The van der Waals surface area contributed by atoms with Gasteiger partial charge in [0.05, 0.1) is 17.8 Å². The molecule has 28 heavy (non-hydrogen) atoms. The van der Waals surface area contributed by atoms with E-state index < -0.39 is 11.6 Å². The van der Waals surface area contributed by atoms with Gasteiger partial charge < -0.3 is 15.0 Å². The Bertz CT molecular complexity index is 860. The number of fused-ring (bicyclic) bond motifs is 1. The summed E-state index contributed by atoms with van der Waals surface area (Å²) in [5, 5.41) is 9.84. The molecule has 0 unspecified atom stereocenters. The molecule has 8 heteroatoms. The van der Waals surface area contributed by atoms with Crippen molar-refractivity contribution in [2.45, 2.75) is 39.0 Å². The lowest BCUT2D eigenvalue weighted by Crippen LogP contribution is -2.42. The molecule has 0 fully saturated rings. The number of amides is 2. The maximum atomic E-state index is 13.1. The SMILES string of the molecule is CC(=O)Nc1n[nH]c2c1CN(C(=O)O[C@H](CN(C)C)c1ccccc1)C2(C)C. The van der Waals surface area contributed by atoms with E-state index in [1.165, 1.54) is 6.92 Å². The summed E-state index contributed by atoms with van der Waals surface area (Å²) in [6.07, 6.45) is -0.787. The molecule has 1 aromatic heterocycles. The minimum absolute atomic E-state index is 0.205. The first kappa shape index (κ1) is 19.9. The van der Waals surface area contributed by atoms with Gasteiger partial charge in [-0.2, -0.15) is 5.10 Å². The molecule has 8 nitrogen and oxygen atoms in total. The van der Waals surface area contributed by atoms with Gasteiger partial charge in [-0.15, -0.1) is 0 Å². The first-order valence-corrected chi connectivity index (χ1v) is 9.23. The molecule has 0 saturated carbocycles. The van der Waals surface area contributed by atoms with Gasteiger partial charge in [0, 0.05) is 19.0 Å². The van der Waals surface area contributed by atoms with Crippen LogP contribution in [-0.2, 0) is 21.6 Å². The Morgan fingerprint density at radius 1 is 1.32 bits per heavy atom. The molecule has 0 spiro atoms. The molecule has 0 aliphatic carbocycles. The average Bonchev–Trinajstić information content (AvgIpc) is 3.13. The molecule has 1 aliphatic rings. The van der Waals surface area contributed by atoms with E-state index in [0.717, 1.165) is 16.8 Å². The topological polar surface area (TPSA) is 90.6 Å². The molecule has 0 saturated heterocycles. The zero-order valence-electron chi connectivity index (χ0n) is 16.9. The van der Waals surface area contributed by atoms with Gasteiger partial charge in [-0.25, -0.2) is 4.79 Å². The van der Waals surface area contributed by atoms with Gasteiger partial charge in [-0.1, -0.05) is 30.3 Å². The van der Waals surface area contributed by atoms with Gasteiger partial charge in [0.1, 0.15) is 6.10 Å². The van der Waals surface area contributed by atoms with E-state index in [0.29, 0.717) is 18.9 Å². The van der Waals surface area contributed by atoms with Gasteiger partial charge in [-0.05, 0) is 33.5 Å². The monoisotopic (exact) mass is 385 g/mol. The minimum Gasteiger partial charge on any atom is -0.440 e. The number of anilines is 1. The maximum absolute atomic E-state index is 13.1. The minimum atomic E-state index is -0.629. The van der Waals surface area contributed by atoms with E-state index in [2.05, 4.69) is 15.5 Å². The van der Waals surface area contributed by atoms with Crippen molar-refractivity contribution in [3.8, 4) is 0 Å². The number of benzene rings is 1. The van der Waals surface area contributed by atoms with Crippen molar-refractivity contribution in [1.82, 2.24) is 20.0 Å². The van der Waals surface area contributed by atoms with E-state index in [9.17, 15) is 9.59 Å². The van der Waals surface area contributed by atoms with Gasteiger partial charge in [0.15, 0.2) is 5.82 Å². The molecule has 1 aromatic carbocycles. The smallest absolute Gasteiger partial charge is 0.411 e. The number of nitrogens with zero attached hydrogens (tertiary/aromatic N) is 3. The highest BCUT2D eigenvalue weighted by Gasteiger charge is 2.45. The van der Waals surface area contributed by atoms with Crippen molar-refractivity contribution in [3.63, 3.8) is 0 Å². The number of nitrogens with one attached hydrogen (secondary N) is 2. The Kier molecular flexibility index (Phi) is 5.42. The zero-order chi connectivity index (χ0) is 20.5. The van der Waals surface area contributed by atoms with Crippen LogP contribution in [0.2, 0.25) is 0 Å². The van der Waals surface area contributed by atoms with Crippen LogP contribution in [0, 0.1) is 0 Å². The lowest BCUT2D eigenvalue weighted by molar-refractivity contribution is -0.114. The number of aromatic nitrogens is 2. The number of ether oxygens (including phenoxy) is 1. The van der Waals surface area contributed by atoms with Crippen LogP contribution in [0.3, 0.4) is 0 Å². The Hall–Kier alpha value is -2.87. The second-order valence-electron chi connectivity index (χ2n) is 7.80. The normalized spacial score (nSPS) is 16.0. The predicted molar refractivity (Wildman–Crippen MR) is 106 cm³/mol. The highest BCUT2D eigenvalue weighted by Crippen LogP contribution is 2.41. The van der Waals surface area contributed by atoms with Crippen molar-refractivity contribution in [3.05, 3.63) is 47.2 Å². The van der Waals surface area contributed by atoms with Gasteiger partial charge >= 0.3 is 6.09 Å². The number of rotatable bonds is 5. The van der Waals surface area contributed by atoms with Gasteiger partial charge in [0.25, 0.3) is 0 Å². The Balaban J connectivity index is 1.81. The second-order valence-corrected chi connectivity index (χ2v) is 7.80. The van der Waals surface area contributed by atoms with Crippen molar-refractivity contribution >= 4 is 17.8 Å². The first-order chi connectivity index (χ1) is 13.2. The second kappa shape index (κ2) is 7.63. The van der Waals surface area contributed by atoms with Gasteiger partial charge in [0.2, 0.25) is 5.91 Å². The van der Waals surface area contributed by atoms with E-state index in [1.807, 2.05) is 63.2 Å². The Morgan fingerprint density at radius 3 is 2.61 bits per heavy atom. The molecule has 2 amide bonds. The summed E-state index contributed by atoms with van der Waals surface area (Å²) in [5.74, 6) is 0.252. The van der Waals surface area contributed by atoms with Crippen LogP contribution in [0.15, 0.2) is 30.3 Å². The quantitative estimate of drug-likeness (QED) is 0.826. The summed E-state index contributed by atoms with van der Waals surface area (Å²) in [4.78, 5) is 28.2. The first-order valence-electron chi connectivity index (χ1n) is 9.23. The number of H-pyrrole nitrogens is 1. The van der Waals surface area contributed by atoms with Crippen LogP contribution in [0.4, 0.5) is 10.6 Å². The van der Waals surface area contributed by atoms with E-state index in [4.69, 9.17) is 4.74 Å². The van der Waals surface area contributed by atoms with Crippen molar-refractivity contribution in [2.75, 3.05) is 26.0 Å². The highest BCUT2D eigenvalue weighted by molar-refractivity contribution is 5.89. The number of likely N-dealkylation sites (N-methyl/N-ethyl adjacent to an activating group) is 1. The number of aromatic amines is 1. The van der Waals surface area contributed by atoms with Crippen LogP contribution in [0.25, 0.3) is 0 Å². The summed E-state index contributed by atoms with van der Waals surface area (Å²) in [7, 11) is 3.89. The fraction of sp³-hybridized carbons (Fsp3) is 0.450. The fourth-order valence-electron chi connectivity index (χ4n) is 3.47. The van der Waals surface area contributed by atoms with Crippen molar-refractivity contribution in [1.29, 1.82) is 0 Å². The molecular formula is C20H27N5O3. The van der Waals surface area contributed by atoms with Crippen molar-refractivity contribution in [2.24, 2.45) is 0 Å². The summed E-state index contributed by atoms with van der Waals surface area (Å²) in [6, 6.07) is 9.71. The zero-order valence-corrected chi connectivity index (χ0v) is 16.9. The number of carbonyl (C=O) groups is 2. The molecule has 2 N–H and O–H groups in total. The molecule has 2 aromatic rings. The highest BCUT2D eigenvalue weighted by atomic mass is 16.6. The van der Waals surface area contributed by atoms with Crippen LogP contribution >= 0.6 is 0 Å². The van der Waals surface area contributed by atoms with E-state index in [-0.39, 0.29) is 12.0 Å². The third-order valence-electron chi connectivity index (χ3n) is 4.93. The Morgan fingerprint density at radius 2 is 2.00 bits per heavy atom. The third-order valence-corrected chi connectivity index (χ3v) is 4.93. The predicted octanol–water partition coefficient (Wildman–Crippen LogP) is 2.86. The molecule has 1 aliphatic heterocycles. The Labute approximate surface area is 164 Å². The largest absolute Gasteiger partial charge is 0.440 e. The summed E-state index contributed by atoms with van der Waals surface area (Å²) >= 11 is 0. The van der Waals surface area contributed by atoms with Gasteiger partial charge in [-0.3, -0.25) is 14.8 Å². The maximum Gasteiger partial charge on any atom is 0.411 e. The third kappa shape index (κ3) is 3.87. The van der Waals surface area contributed by atoms with Crippen LogP contribution in [-0.4, -0.2) is 52.6 Å². The van der Waals surface area contributed by atoms with Crippen LogP contribution in [0.1, 0.15) is 43.7 Å². The summed E-state index contributed by atoms with van der Waals surface area (Å²) in [6.45, 7) is 6.18. The molecule has 0 bridgehead atoms. The average molecular weight is 385 g/mol. The van der Waals surface area contributed by atoms with Crippen molar-refractivity contribution < 1.29 is 14.3 Å². The molecule has 150 valence electrons. The molecule has 2 heterocycles. The lowest BCUT2D eigenvalue weighted by atomic mass is 10.0. The van der Waals surface area contributed by atoms with E-state index in [1.54, 1.807) is 4.90 Å². The van der Waals surface area contributed by atoms with Crippen LogP contribution < -0.4 is 5.32 Å². The summed E-state index contributed by atoms with van der Waals surface area (Å²) < 4.78 is 5.91.